The summed E-state index contributed by atoms with van der Waals surface area (Å²) >= 11 is 0. The topological polar surface area (TPSA) is 78.5 Å². The molecule has 8 heteroatoms. The van der Waals surface area contributed by atoms with Gasteiger partial charge in [-0.25, -0.2) is 17.5 Å². The molecule has 2 rings (SSSR count). The molecule has 0 heterocycles. The summed E-state index contributed by atoms with van der Waals surface area (Å²) in [6.07, 6.45) is 0. The van der Waals surface area contributed by atoms with Crippen molar-refractivity contribution in [1.82, 2.24) is 4.72 Å². The molecule has 0 spiro atoms. The van der Waals surface area contributed by atoms with Crippen LogP contribution in [0.15, 0.2) is 41.3 Å². The predicted octanol–water partition coefficient (Wildman–Crippen LogP) is 3.14. The van der Waals surface area contributed by atoms with Crippen LogP contribution < -0.4 is 14.9 Å². The standard InChI is InChI=1S/C19H24FN3O3S/c1-12(2)22-27(25,26)15-7-8-17(20)16(11-15)19(24)21-14-6-9-18(23(4)5)13(3)10-14/h6-12,22H,1-5H3,(H,21,24). The van der Waals surface area contributed by atoms with Gasteiger partial charge >= 0.3 is 0 Å². The Morgan fingerprint density at radius 1 is 1.11 bits per heavy atom. The Morgan fingerprint density at radius 2 is 1.78 bits per heavy atom. The molecule has 0 aliphatic heterocycles. The quantitative estimate of drug-likeness (QED) is 0.790. The van der Waals surface area contributed by atoms with E-state index in [1.54, 1.807) is 26.0 Å². The summed E-state index contributed by atoms with van der Waals surface area (Å²) in [6.45, 7) is 5.25. The number of sulfonamides is 1. The molecule has 2 N–H and O–H groups in total. The smallest absolute Gasteiger partial charge is 0.258 e. The molecular formula is C19H24FN3O3S. The van der Waals surface area contributed by atoms with Crippen LogP contribution in [0.3, 0.4) is 0 Å². The van der Waals surface area contributed by atoms with Gasteiger partial charge in [-0.2, -0.15) is 0 Å². The second kappa shape index (κ2) is 8.06. The van der Waals surface area contributed by atoms with Crippen LogP contribution in [0.5, 0.6) is 0 Å². The maximum absolute atomic E-state index is 14.1. The van der Waals surface area contributed by atoms with Gasteiger partial charge in [-0.05, 0) is 62.7 Å². The molecule has 0 aliphatic rings. The third-order valence-corrected chi connectivity index (χ3v) is 5.48. The van der Waals surface area contributed by atoms with Gasteiger partial charge in [-0.1, -0.05) is 0 Å². The molecule has 0 saturated heterocycles. The molecule has 2 aromatic rings. The van der Waals surface area contributed by atoms with Crippen LogP contribution in [0.1, 0.15) is 29.8 Å². The fraction of sp³-hybridized carbons (Fsp3) is 0.316. The molecule has 0 radical (unpaired) electrons. The first-order valence-corrected chi connectivity index (χ1v) is 9.91. The molecular weight excluding hydrogens is 369 g/mol. The summed E-state index contributed by atoms with van der Waals surface area (Å²) in [6, 6.07) is 8.14. The van der Waals surface area contributed by atoms with Gasteiger partial charge < -0.3 is 10.2 Å². The van der Waals surface area contributed by atoms with E-state index in [1.807, 2.05) is 32.0 Å². The second-order valence-electron chi connectivity index (χ2n) is 6.77. The highest BCUT2D eigenvalue weighted by atomic mass is 32.2. The van der Waals surface area contributed by atoms with Gasteiger partial charge in [0.05, 0.1) is 10.5 Å². The summed E-state index contributed by atoms with van der Waals surface area (Å²) in [7, 11) is -0.00959. The Morgan fingerprint density at radius 3 is 2.33 bits per heavy atom. The van der Waals surface area contributed by atoms with Crippen LogP contribution in [-0.2, 0) is 10.0 Å². The number of nitrogens with one attached hydrogen (secondary N) is 2. The van der Waals surface area contributed by atoms with E-state index in [0.29, 0.717) is 5.69 Å². The van der Waals surface area contributed by atoms with E-state index in [9.17, 15) is 17.6 Å². The molecule has 0 atom stereocenters. The first-order chi connectivity index (χ1) is 12.5. The van der Waals surface area contributed by atoms with E-state index in [4.69, 9.17) is 0 Å². The summed E-state index contributed by atoms with van der Waals surface area (Å²) in [4.78, 5) is 14.3. The van der Waals surface area contributed by atoms with Crippen LogP contribution in [0.25, 0.3) is 0 Å². The van der Waals surface area contributed by atoms with E-state index < -0.39 is 21.7 Å². The van der Waals surface area contributed by atoms with Gasteiger partial charge in [-0.3, -0.25) is 4.79 Å². The highest BCUT2D eigenvalue weighted by molar-refractivity contribution is 7.89. The largest absolute Gasteiger partial charge is 0.377 e. The lowest BCUT2D eigenvalue weighted by Gasteiger charge is -2.17. The van der Waals surface area contributed by atoms with Crippen molar-refractivity contribution in [3.8, 4) is 0 Å². The molecule has 6 nitrogen and oxygen atoms in total. The number of amides is 1. The number of carbonyl (C=O) groups is 1. The molecule has 0 aliphatic carbocycles. The monoisotopic (exact) mass is 393 g/mol. The van der Waals surface area contributed by atoms with E-state index in [-0.39, 0.29) is 16.5 Å². The van der Waals surface area contributed by atoms with Gasteiger partial charge in [0.25, 0.3) is 5.91 Å². The number of benzene rings is 2. The number of rotatable bonds is 6. The number of anilines is 2. The van der Waals surface area contributed by atoms with E-state index in [0.717, 1.165) is 29.4 Å². The number of hydrogen-bond donors (Lipinski definition) is 2. The molecule has 146 valence electrons. The Kier molecular flexibility index (Phi) is 6.22. The van der Waals surface area contributed by atoms with Crippen molar-refractivity contribution in [2.24, 2.45) is 0 Å². The second-order valence-corrected chi connectivity index (χ2v) is 8.48. The molecule has 0 fully saturated rings. The molecule has 0 saturated carbocycles. The Hall–Kier alpha value is -2.45. The van der Waals surface area contributed by atoms with Gasteiger partial charge in [-0.15, -0.1) is 0 Å². The lowest BCUT2D eigenvalue weighted by atomic mass is 10.1. The molecule has 2 aromatic carbocycles. The van der Waals surface area contributed by atoms with Crippen LogP contribution >= 0.6 is 0 Å². The maximum atomic E-state index is 14.1. The highest BCUT2D eigenvalue weighted by Crippen LogP contribution is 2.23. The minimum Gasteiger partial charge on any atom is -0.377 e. The van der Waals surface area contributed by atoms with Gasteiger partial charge in [0, 0.05) is 31.5 Å². The van der Waals surface area contributed by atoms with Crippen LogP contribution in [0.4, 0.5) is 15.8 Å². The maximum Gasteiger partial charge on any atom is 0.258 e. The molecule has 1 amide bonds. The van der Waals surface area contributed by atoms with E-state index in [2.05, 4.69) is 10.0 Å². The minimum absolute atomic E-state index is 0.165. The van der Waals surface area contributed by atoms with Crippen molar-refractivity contribution in [3.63, 3.8) is 0 Å². The number of nitrogens with zero attached hydrogens (tertiary/aromatic N) is 1. The van der Waals surface area contributed by atoms with Crippen molar-refractivity contribution < 1.29 is 17.6 Å². The predicted molar refractivity (Wildman–Crippen MR) is 105 cm³/mol. The molecule has 0 aromatic heterocycles. The third kappa shape index (κ3) is 5.05. The number of hydrogen-bond acceptors (Lipinski definition) is 4. The van der Waals surface area contributed by atoms with Gasteiger partial charge in [0.15, 0.2) is 0 Å². The average molecular weight is 393 g/mol. The Labute approximate surface area is 159 Å². The lowest BCUT2D eigenvalue weighted by Crippen LogP contribution is -2.30. The van der Waals surface area contributed by atoms with Crippen LogP contribution in [0, 0.1) is 12.7 Å². The van der Waals surface area contributed by atoms with Crippen molar-refractivity contribution >= 4 is 27.3 Å². The zero-order valence-corrected chi connectivity index (χ0v) is 16.8. The lowest BCUT2D eigenvalue weighted by molar-refractivity contribution is 0.102. The zero-order valence-electron chi connectivity index (χ0n) is 16.0. The van der Waals surface area contributed by atoms with Gasteiger partial charge in [0.2, 0.25) is 10.0 Å². The molecule has 0 bridgehead atoms. The normalized spacial score (nSPS) is 11.5. The summed E-state index contributed by atoms with van der Waals surface area (Å²) in [5, 5.41) is 2.61. The molecule has 0 unspecified atom stereocenters. The van der Waals surface area contributed by atoms with E-state index >= 15 is 0 Å². The zero-order chi connectivity index (χ0) is 20.4. The van der Waals surface area contributed by atoms with E-state index in [1.165, 1.54) is 0 Å². The van der Waals surface area contributed by atoms with Gasteiger partial charge in [0.1, 0.15) is 5.82 Å². The number of aryl methyl sites for hydroxylation is 1. The number of halogens is 1. The Balaban J connectivity index is 2.31. The fourth-order valence-corrected chi connectivity index (χ4v) is 3.93. The first-order valence-electron chi connectivity index (χ1n) is 8.42. The number of carbonyl (C=O) groups excluding carboxylic acids is 1. The minimum atomic E-state index is -3.83. The highest BCUT2D eigenvalue weighted by Gasteiger charge is 2.20. The van der Waals surface area contributed by atoms with Crippen molar-refractivity contribution in [3.05, 3.63) is 53.3 Å². The Bertz CT molecular complexity index is 957. The van der Waals surface area contributed by atoms with Crippen molar-refractivity contribution in [2.45, 2.75) is 31.7 Å². The third-order valence-electron chi connectivity index (χ3n) is 3.82. The summed E-state index contributed by atoms with van der Waals surface area (Å²) in [5.41, 5.74) is 2.09. The average Bonchev–Trinajstić information content (AvgIpc) is 2.53. The SMILES string of the molecule is Cc1cc(NC(=O)c2cc(S(=O)(=O)NC(C)C)ccc2F)ccc1N(C)C. The van der Waals surface area contributed by atoms with Crippen LogP contribution in [-0.4, -0.2) is 34.5 Å². The first kappa shape index (κ1) is 20.9. The summed E-state index contributed by atoms with van der Waals surface area (Å²) < 4.78 is 41.1. The summed E-state index contributed by atoms with van der Waals surface area (Å²) in [5.74, 6) is -1.51. The molecule has 27 heavy (non-hydrogen) atoms. The van der Waals surface area contributed by atoms with Crippen molar-refractivity contribution in [1.29, 1.82) is 0 Å². The van der Waals surface area contributed by atoms with Crippen LogP contribution in [0.2, 0.25) is 0 Å². The van der Waals surface area contributed by atoms with Crippen molar-refractivity contribution in [2.75, 3.05) is 24.3 Å². The fourth-order valence-electron chi connectivity index (χ4n) is 2.66.